The summed E-state index contributed by atoms with van der Waals surface area (Å²) < 4.78 is 18.2. The number of methoxy groups -OCH3 is 1. The molecule has 0 atom stereocenters. The molecule has 3 aromatic rings. The van der Waals surface area contributed by atoms with Crippen LogP contribution < -0.4 is 9.47 Å². The monoisotopic (exact) mass is 454 g/mol. The van der Waals surface area contributed by atoms with Gasteiger partial charge in [0.1, 0.15) is 11.5 Å². The lowest BCUT2D eigenvalue weighted by Crippen LogP contribution is -2.41. The molecule has 0 unspecified atom stereocenters. The molecule has 1 aliphatic rings. The maximum absolute atomic E-state index is 12.6. The van der Waals surface area contributed by atoms with E-state index in [2.05, 4.69) is 10.2 Å². The number of carbonyl (C=O) groups is 1. The van der Waals surface area contributed by atoms with Gasteiger partial charge in [-0.3, -0.25) is 9.36 Å². The summed E-state index contributed by atoms with van der Waals surface area (Å²) in [5, 5.41) is 9.50. The van der Waals surface area contributed by atoms with Crippen molar-refractivity contribution in [2.24, 2.45) is 0 Å². The second-order valence-corrected chi connectivity index (χ2v) is 8.02. The molecule has 2 aromatic carbocycles. The number of carbonyl (C=O) groups excluding carboxylic acids is 1. The van der Waals surface area contributed by atoms with Gasteiger partial charge in [0.05, 0.1) is 32.7 Å². The Labute approximate surface area is 191 Å². The molecule has 8 nitrogen and oxygen atoms in total. The molecule has 0 bridgehead atoms. The lowest BCUT2D eigenvalue weighted by molar-refractivity contribution is -0.132. The standard InChI is InChI=1S/C23H26N4O4S/c1-3-31-20-10-6-18(7-11-20)27-22(17-4-8-19(29-2)9-5-17)24-25-23(27)32-16-21(28)26-12-14-30-15-13-26/h4-11H,3,12-16H2,1-2H3. The zero-order valence-corrected chi connectivity index (χ0v) is 19.0. The maximum atomic E-state index is 12.6. The van der Waals surface area contributed by atoms with E-state index in [0.717, 1.165) is 22.7 Å². The summed E-state index contributed by atoms with van der Waals surface area (Å²) in [7, 11) is 1.64. The van der Waals surface area contributed by atoms with E-state index in [1.165, 1.54) is 11.8 Å². The number of rotatable bonds is 8. The number of aromatic nitrogens is 3. The largest absolute Gasteiger partial charge is 0.497 e. The van der Waals surface area contributed by atoms with Gasteiger partial charge >= 0.3 is 0 Å². The Morgan fingerprint density at radius 2 is 1.72 bits per heavy atom. The number of hydrogen-bond acceptors (Lipinski definition) is 7. The van der Waals surface area contributed by atoms with E-state index < -0.39 is 0 Å². The summed E-state index contributed by atoms with van der Waals surface area (Å²) in [6.45, 7) is 4.98. The van der Waals surface area contributed by atoms with Crippen LogP contribution in [0.3, 0.4) is 0 Å². The van der Waals surface area contributed by atoms with Gasteiger partial charge in [-0.25, -0.2) is 0 Å². The minimum absolute atomic E-state index is 0.0746. The number of hydrogen-bond donors (Lipinski definition) is 0. The van der Waals surface area contributed by atoms with Crippen molar-refractivity contribution in [1.29, 1.82) is 0 Å². The van der Waals surface area contributed by atoms with Gasteiger partial charge in [-0.15, -0.1) is 10.2 Å². The van der Waals surface area contributed by atoms with Gasteiger partial charge in [0.2, 0.25) is 5.91 Å². The number of ether oxygens (including phenoxy) is 3. The first-order valence-electron chi connectivity index (χ1n) is 10.5. The molecule has 1 aromatic heterocycles. The first-order chi connectivity index (χ1) is 15.7. The average molecular weight is 455 g/mol. The topological polar surface area (TPSA) is 78.7 Å². The van der Waals surface area contributed by atoms with Gasteiger partial charge < -0.3 is 19.1 Å². The first-order valence-corrected chi connectivity index (χ1v) is 11.5. The van der Waals surface area contributed by atoms with Crippen LogP contribution in [-0.4, -0.2) is 71.3 Å². The fourth-order valence-electron chi connectivity index (χ4n) is 3.41. The van der Waals surface area contributed by atoms with E-state index in [0.29, 0.717) is 43.9 Å². The zero-order chi connectivity index (χ0) is 22.3. The number of thioether (sulfide) groups is 1. The summed E-state index contributed by atoms with van der Waals surface area (Å²) in [4.78, 5) is 14.5. The second-order valence-electron chi connectivity index (χ2n) is 7.08. The Balaban J connectivity index is 1.63. The first kappa shape index (κ1) is 22.2. The molecule has 2 heterocycles. The minimum Gasteiger partial charge on any atom is -0.497 e. The molecular weight excluding hydrogens is 428 g/mol. The van der Waals surface area contributed by atoms with Gasteiger partial charge in [0.15, 0.2) is 11.0 Å². The molecule has 0 radical (unpaired) electrons. The molecule has 1 fully saturated rings. The van der Waals surface area contributed by atoms with E-state index in [9.17, 15) is 4.79 Å². The molecule has 1 aliphatic heterocycles. The smallest absolute Gasteiger partial charge is 0.233 e. The van der Waals surface area contributed by atoms with E-state index in [4.69, 9.17) is 14.2 Å². The molecule has 0 spiro atoms. The van der Waals surface area contributed by atoms with Gasteiger partial charge in [-0.1, -0.05) is 11.8 Å². The maximum Gasteiger partial charge on any atom is 0.233 e. The number of benzene rings is 2. The van der Waals surface area contributed by atoms with Crippen LogP contribution in [0.4, 0.5) is 0 Å². The highest BCUT2D eigenvalue weighted by Gasteiger charge is 2.21. The molecule has 9 heteroatoms. The minimum atomic E-state index is 0.0746. The molecule has 0 aliphatic carbocycles. The molecule has 32 heavy (non-hydrogen) atoms. The van der Waals surface area contributed by atoms with Crippen molar-refractivity contribution in [1.82, 2.24) is 19.7 Å². The summed E-state index contributed by atoms with van der Waals surface area (Å²) in [5.41, 5.74) is 1.80. The van der Waals surface area contributed by atoms with E-state index in [-0.39, 0.29) is 11.7 Å². The SMILES string of the molecule is CCOc1ccc(-n2c(SCC(=O)N3CCOCC3)nnc2-c2ccc(OC)cc2)cc1. The molecular formula is C23H26N4O4S. The fourth-order valence-corrected chi connectivity index (χ4v) is 4.27. The van der Waals surface area contributed by atoms with E-state index >= 15 is 0 Å². The quantitative estimate of drug-likeness (QED) is 0.483. The molecule has 0 N–H and O–H groups in total. The predicted octanol–water partition coefficient (Wildman–Crippen LogP) is 3.29. The number of amides is 1. The molecule has 168 valence electrons. The van der Waals surface area contributed by atoms with Gasteiger partial charge in [-0.05, 0) is 55.5 Å². The van der Waals surface area contributed by atoms with E-state index in [1.807, 2.05) is 64.9 Å². The average Bonchev–Trinajstić information content (AvgIpc) is 3.27. The Hall–Kier alpha value is -3.04. The second kappa shape index (κ2) is 10.5. The van der Waals surface area contributed by atoms with Crippen molar-refractivity contribution in [2.45, 2.75) is 12.1 Å². The van der Waals surface area contributed by atoms with Crippen LogP contribution in [-0.2, 0) is 9.53 Å². The van der Waals surface area contributed by atoms with Crippen LogP contribution in [0.15, 0.2) is 53.7 Å². The van der Waals surface area contributed by atoms with Crippen molar-refractivity contribution in [3.8, 4) is 28.6 Å². The summed E-state index contributed by atoms with van der Waals surface area (Å²) in [5.74, 6) is 2.62. The van der Waals surface area contributed by atoms with Crippen molar-refractivity contribution < 1.29 is 19.0 Å². The molecule has 0 saturated carbocycles. The van der Waals surface area contributed by atoms with Gasteiger partial charge in [0.25, 0.3) is 0 Å². The molecule has 1 saturated heterocycles. The Morgan fingerprint density at radius 3 is 2.38 bits per heavy atom. The summed E-state index contributed by atoms with van der Waals surface area (Å²) in [6, 6.07) is 15.4. The van der Waals surface area contributed by atoms with Crippen LogP contribution in [0.2, 0.25) is 0 Å². The third kappa shape index (κ3) is 5.05. The zero-order valence-electron chi connectivity index (χ0n) is 18.2. The Bertz CT molecular complexity index is 1030. The Morgan fingerprint density at radius 1 is 1.03 bits per heavy atom. The lowest BCUT2D eigenvalue weighted by Gasteiger charge is -2.26. The highest BCUT2D eigenvalue weighted by atomic mass is 32.2. The molecule has 1 amide bonds. The predicted molar refractivity (Wildman–Crippen MR) is 123 cm³/mol. The number of nitrogens with zero attached hydrogens (tertiary/aromatic N) is 4. The summed E-state index contributed by atoms with van der Waals surface area (Å²) >= 11 is 1.38. The summed E-state index contributed by atoms with van der Waals surface area (Å²) in [6.07, 6.45) is 0. The van der Waals surface area contributed by atoms with Crippen LogP contribution >= 0.6 is 11.8 Å². The fraction of sp³-hybridized carbons (Fsp3) is 0.348. The van der Waals surface area contributed by atoms with Gasteiger partial charge in [0, 0.05) is 24.3 Å². The van der Waals surface area contributed by atoms with Crippen molar-refractivity contribution >= 4 is 17.7 Å². The van der Waals surface area contributed by atoms with Crippen LogP contribution in [0.1, 0.15) is 6.92 Å². The normalized spacial score (nSPS) is 13.8. The molecule has 4 rings (SSSR count). The van der Waals surface area contributed by atoms with Crippen molar-refractivity contribution in [2.75, 3.05) is 45.8 Å². The Kier molecular flexibility index (Phi) is 7.28. The third-order valence-corrected chi connectivity index (χ3v) is 5.99. The number of morpholine rings is 1. The highest BCUT2D eigenvalue weighted by Crippen LogP contribution is 2.30. The third-order valence-electron chi connectivity index (χ3n) is 5.08. The van der Waals surface area contributed by atoms with Gasteiger partial charge in [-0.2, -0.15) is 0 Å². The van der Waals surface area contributed by atoms with Crippen LogP contribution in [0.25, 0.3) is 17.1 Å². The van der Waals surface area contributed by atoms with Crippen LogP contribution in [0, 0.1) is 0 Å². The van der Waals surface area contributed by atoms with Crippen molar-refractivity contribution in [3.05, 3.63) is 48.5 Å². The highest BCUT2D eigenvalue weighted by molar-refractivity contribution is 7.99. The lowest BCUT2D eigenvalue weighted by atomic mass is 10.2. The van der Waals surface area contributed by atoms with E-state index in [1.54, 1.807) is 7.11 Å². The van der Waals surface area contributed by atoms with Crippen molar-refractivity contribution in [3.63, 3.8) is 0 Å². The van der Waals surface area contributed by atoms with Crippen LogP contribution in [0.5, 0.6) is 11.5 Å².